The predicted octanol–water partition coefficient (Wildman–Crippen LogP) is -5.79. The summed E-state index contributed by atoms with van der Waals surface area (Å²) in [5.74, 6) is -24.1. The molecule has 664 valence electrons. The summed E-state index contributed by atoms with van der Waals surface area (Å²) in [6, 6.07) is 1.75. The van der Waals surface area contributed by atoms with E-state index in [1.807, 2.05) is 0 Å². The van der Waals surface area contributed by atoms with Gasteiger partial charge in [-0.2, -0.15) is 8.42 Å². The van der Waals surface area contributed by atoms with Crippen LogP contribution in [0.15, 0.2) is 109 Å². The molecule has 44 nitrogen and oxygen atoms in total. The lowest BCUT2D eigenvalue weighted by atomic mass is 10.0. The quantitative estimate of drug-likeness (QED) is 0.0183. The van der Waals surface area contributed by atoms with Gasteiger partial charge in [-0.15, -0.1) is 0 Å². The van der Waals surface area contributed by atoms with Gasteiger partial charge in [0.25, 0.3) is 0 Å². The van der Waals surface area contributed by atoms with E-state index in [1.54, 1.807) is 24.3 Å². The summed E-state index contributed by atoms with van der Waals surface area (Å²) in [5.41, 5.74) is 12.2. The molecule has 4 aromatic rings. The number of likely N-dealkylation sites (tertiary alicyclic amines) is 1. The first-order valence-electron chi connectivity index (χ1n) is 38.1. The van der Waals surface area contributed by atoms with Crippen LogP contribution in [-0.4, -0.2) is 264 Å². The number of aromatic hydroxyl groups is 1. The summed E-state index contributed by atoms with van der Waals surface area (Å²) in [4.78, 5) is 245. The number of carbonyl (C=O) groups excluding carboxylic acids is 14. The van der Waals surface area contributed by atoms with Crippen LogP contribution in [0.25, 0.3) is 0 Å². The molecule has 0 saturated carbocycles. The zero-order valence-electron chi connectivity index (χ0n) is 66.7. The van der Waals surface area contributed by atoms with E-state index < -0.39 is 284 Å². The second kappa shape index (κ2) is 47.5. The molecule has 1 aliphatic heterocycles. The van der Waals surface area contributed by atoms with Crippen LogP contribution in [-0.2, 0) is 122 Å². The van der Waals surface area contributed by atoms with Crippen molar-refractivity contribution in [1.29, 1.82) is 0 Å². The fourth-order valence-electron chi connectivity index (χ4n) is 12.4. The highest BCUT2D eigenvalue weighted by Crippen LogP contribution is 2.21. The molecule has 1 fully saturated rings. The number of hydrogen-bond acceptors (Lipinski definition) is 25. The van der Waals surface area contributed by atoms with Crippen molar-refractivity contribution >= 4 is 117 Å². The number of nitrogens with zero attached hydrogens (tertiary/aromatic N) is 1. The lowest BCUT2D eigenvalue weighted by Gasteiger charge is -2.30. The number of nitrogens with one attached hydrogen (secondary N) is 12. The lowest BCUT2D eigenvalue weighted by Crippen LogP contribution is -2.64. The normalized spacial score (nSPS) is 15.9. The number of carboxylic acid groups (broad SMARTS) is 4. The third-order valence-corrected chi connectivity index (χ3v) is 19.2. The fourth-order valence-corrected chi connectivity index (χ4v) is 12.7. The number of phenolic OH excluding ortho intramolecular Hbond substituents is 1. The SMILES string of the molecule is CC(C)[C@H](NC(=O)[C@H](CCC(=O)O)NC(=O)[C@@H](N)CCC(=O)O)C(=O)N[C@H](C(=O)N[C@H](C(=O)N[C@@H](Cc1ccccc1)C(=O)N[C@@H](Cc1ccccc1)C(=O)N[C@@H](CC(=O)O)C(=O)N[C@@H](Cc1ccc(O)cc1)C(=O)N[C@@H](CC(=O)O)C(=O)N[C@@H](Cc1ccc(OS(=O)(=O)O)cc1)C(=O)NCC(=O)N[C@@H](C)C(=O)N1CCC[C@H]1C(N)=O)C(C)O)C(C)O. The first-order valence-corrected chi connectivity index (χ1v) is 39.5. The number of phenols is 1. The highest BCUT2D eigenvalue weighted by atomic mass is 32.3. The summed E-state index contributed by atoms with van der Waals surface area (Å²) < 4.78 is 36.6. The highest BCUT2D eigenvalue weighted by molar-refractivity contribution is 7.81. The van der Waals surface area contributed by atoms with E-state index >= 15 is 0 Å². The molecular formula is C77H101N15O29S. The maximum Gasteiger partial charge on any atom is 0.446 e. The van der Waals surface area contributed by atoms with Crippen LogP contribution in [0.1, 0.15) is 108 Å². The maximum atomic E-state index is 14.9. The topological polar surface area (TPSA) is 712 Å². The van der Waals surface area contributed by atoms with E-state index in [4.69, 9.17) is 16.6 Å². The first-order chi connectivity index (χ1) is 57.3. The molecule has 0 bridgehead atoms. The van der Waals surface area contributed by atoms with Crippen LogP contribution < -0.4 is 79.5 Å². The van der Waals surface area contributed by atoms with Crippen LogP contribution in [0.5, 0.6) is 11.5 Å². The van der Waals surface area contributed by atoms with Crippen LogP contribution in [0.4, 0.5) is 0 Å². The first kappa shape index (κ1) is 99.3. The molecule has 0 aliphatic carbocycles. The van der Waals surface area contributed by atoms with E-state index in [1.165, 1.54) is 86.3 Å². The Balaban J connectivity index is 1.43. The zero-order chi connectivity index (χ0) is 91.0. The van der Waals surface area contributed by atoms with Gasteiger partial charge in [-0.05, 0) is 98.9 Å². The van der Waals surface area contributed by atoms with Crippen molar-refractivity contribution in [1.82, 2.24) is 68.7 Å². The van der Waals surface area contributed by atoms with Crippen molar-refractivity contribution in [2.75, 3.05) is 13.1 Å². The van der Waals surface area contributed by atoms with Gasteiger partial charge in [0.1, 0.15) is 84.0 Å². The molecule has 45 heteroatoms. The van der Waals surface area contributed by atoms with E-state index in [-0.39, 0.29) is 36.3 Å². The predicted molar refractivity (Wildman–Crippen MR) is 423 cm³/mol. The number of benzene rings is 4. The summed E-state index contributed by atoms with van der Waals surface area (Å²) in [6.07, 6.45) is -9.78. The molecule has 0 radical (unpaired) electrons. The number of aliphatic carboxylic acids is 4. The third kappa shape index (κ3) is 33.5. The van der Waals surface area contributed by atoms with E-state index in [9.17, 15) is 130 Å². The van der Waals surface area contributed by atoms with Gasteiger partial charge >= 0.3 is 34.3 Å². The van der Waals surface area contributed by atoms with E-state index in [0.717, 1.165) is 38.1 Å². The number of carbonyl (C=O) groups is 18. The largest absolute Gasteiger partial charge is 0.508 e. The Morgan fingerprint density at radius 3 is 1.21 bits per heavy atom. The minimum Gasteiger partial charge on any atom is -0.508 e. The molecule has 4 aromatic carbocycles. The molecular weight excluding hydrogens is 1630 g/mol. The minimum atomic E-state index is -5.04. The van der Waals surface area contributed by atoms with Gasteiger partial charge in [-0.1, -0.05) is 98.8 Å². The summed E-state index contributed by atoms with van der Waals surface area (Å²) in [7, 11) is -5.04. The molecule has 24 N–H and O–H groups in total. The molecule has 14 amide bonds. The Bertz CT molecular complexity index is 4530. The van der Waals surface area contributed by atoms with Gasteiger partial charge in [0, 0.05) is 45.1 Å². The average molecular weight is 1730 g/mol. The highest BCUT2D eigenvalue weighted by Gasteiger charge is 2.41. The van der Waals surface area contributed by atoms with Gasteiger partial charge in [0.05, 0.1) is 37.6 Å². The molecule has 15 atom stereocenters. The van der Waals surface area contributed by atoms with Crippen LogP contribution in [0, 0.1) is 5.92 Å². The fraction of sp³-hybridized carbons (Fsp3) is 0.455. The van der Waals surface area contributed by atoms with Crippen LogP contribution in [0.3, 0.4) is 0 Å². The minimum absolute atomic E-state index is 0.102. The number of rotatable bonds is 49. The second-order valence-corrected chi connectivity index (χ2v) is 30.0. The Hall–Kier alpha value is -13.3. The van der Waals surface area contributed by atoms with Gasteiger partial charge < -0.3 is 120 Å². The maximum absolute atomic E-state index is 14.9. The summed E-state index contributed by atoms with van der Waals surface area (Å²) in [6.45, 7) is 5.49. The Kier molecular flexibility index (Phi) is 38.7. The lowest BCUT2D eigenvalue weighted by molar-refractivity contribution is -0.142. The zero-order valence-corrected chi connectivity index (χ0v) is 67.5. The Morgan fingerprint density at radius 2 is 0.803 bits per heavy atom. The number of carboxylic acids is 4. The van der Waals surface area contributed by atoms with Crippen LogP contribution in [0.2, 0.25) is 0 Å². The molecule has 0 spiro atoms. The van der Waals surface area contributed by atoms with Crippen molar-refractivity contribution in [2.24, 2.45) is 17.4 Å². The standard InChI is InChI=1S/C77H101N15O29S/c1-38(2)62(89-68(108)49(27-29-59(99)100)82-66(106)48(78)26-28-58(97)98)74(114)90-64(41(5)94)76(116)91-63(40(4)93)75(115)88-53(32-43-15-10-7-11-16-43)71(111)84-51(31-42-13-8-6-9-14-42)69(109)87-55(36-61(103)104)73(113)85-52(34-44-18-22-46(95)23-19-44)70(110)86-54(35-60(101)102)72(112)83-50(33-45-20-24-47(25-21-45)121-122(118,119)120)67(107)80-37-57(96)81-39(3)77(117)92-30-12-17-56(92)65(79)105/h6-11,13-16,18-25,38-41,48-56,62-64,93-95H,12,17,26-37,78H2,1-5H3,(H2,79,105)(H,80,107)(H,81,96)(H,82,106)(H,83,112)(H,84,111)(H,85,113)(H,86,110)(H,87,109)(H,88,115)(H,89,108)(H,90,114)(H,91,116)(H,97,98)(H,99,100)(H,101,102)(H,103,104)(H,118,119,120)/t39-,40?,41?,48-,49-,50-,51-,52-,53-,54-,55-,56-,62-,63-,64-/m0/s1. The summed E-state index contributed by atoms with van der Waals surface area (Å²) >= 11 is 0. The number of amides is 14. The van der Waals surface area contributed by atoms with Gasteiger partial charge in [-0.25, -0.2) is 0 Å². The van der Waals surface area contributed by atoms with Crippen molar-refractivity contribution in [3.05, 3.63) is 131 Å². The van der Waals surface area contributed by atoms with Gasteiger partial charge in [0.2, 0.25) is 82.7 Å². The Labute approximate surface area is 697 Å². The van der Waals surface area contributed by atoms with Crippen molar-refractivity contribution < 1.29 is 139 Å². The van der Waals surface area contributed by atoms with Crippen molar-refractivity contribution in [3.63, 3.8) is 0 Å². The van der Waals surface area contributed by atoms with E-state index in [2.05, 4.69) is 68.0 Å². The number of nitrogens with two attached hydrogens (primary N) is 2. The van der Waals surface area contributed by atoms with Crippen molar-refractivity contribution in [2.45, 2.75) is 202 Å². The van der Waals surface area contributed by atoms with Crippen molar-refractivity contribution in [3.8, 4) is 11.5 Å². The molecule has 5 rings (SSSR count). The molecule has 1 aliphatic rings. The second-order valence-electron chi connectivity index (χ2n) is 29.0. The molecule has 1 saturated heterocycles. The van der Waals surface area contributed by atoms with Gasteiger partial charge in [0.15, 0.2) is 0 Å². The molecule has 0 aromatic heterocycles. The molecule has 1 heterocycles. The van der Waals surface area contributed by atoms with Gasteiger partial charge in [-0.3, -0.25) is 90.9 Å². The average Bonchev–Trinajstić information content (AvgIpc) is 1.49. The Morgan fingerprint density at radius 1 is 0.443 bits per heavy atom. The molecule has 2 unspecified atom stereocenters. The number of primary amides is 1. The third-order valence-electron chi connectivity index (χ3n) is 18.8. The van der Waals surface area contributed by atoms with E-state index in [0.29, 0.717) is 17.5 Å². The number of aliphatic hydroxyl groups excluding tert-OH is 2. The van der Waals surface area contributed by atoms with Crippen LogP contribution >= 0.6 is 0 Å². The summed E-state index contributed by atoms with van der Waals surface area (Å²) in [5, 5.41) is 98.9. The monoisotopic (exact) mass is 1730 g/mol. The smallest absolute Gasteiger partial charge is 0.446 e. The molecule has 122 heavy (non-hydrogen) atoms. The number of aliphatic hydroxyl groups is 2. The number of hydrogen-bond donors (Lipinski definition) is 22.